The monoisotopic (exact) mass is 317 g/mol. The summed E-state index contributed by atoms with van der Waals surface area (Å²) in [7, 11) is 0. The van der Waals surface area contributed by atoms with Gasteiger partial charge in [-0.3, -0.25) is 14.6 Å². The van der Waals surface area contributed by atoms with Gasteiger partial charge in [0.2, 0.25) is 5.91 Å². The van der Waals surface area contributed by atoms with Gasteiger partial charge in [0, 0.05) is 38.3 Å². The minimum Gasteiger partial charge on any atom is -0.468 e. The van der Waals surface area contributed by atoms with Gasteiger partial charge in [0.1, 0.15) is 5.76 Å². The SMILES string of the molecule is C[C@@H]1C(=O)N2CCC[C@@H]2CN1C1CCN(Cc2ccco2)CC1. The van der Waals surface area contributed by atoms with Crippen molar-refractivity contribution in [3.63, 3.8) is 0 Å². The molecule has 2 atom stereocenters. The normalized spacial score (nSPS) is 30.8. The summed E-state index contributed by atoms with van der Waals surface area (Å²) in [5.41, 5.74) is 0. The molecule has 0 radical (unpaired) electrons. The first-order valence-corrected chi connectivity index (χ1v) is 9.03. The number of piperazine rings is 1. The Morgan fingerprint density at radius 3 is 2.74 bits per heavy atom. The van der Waals surface area contributed by atoms with E-state index in [9.17, 15) is 4.79 Å². The minimum atomic E-state index is 0.0611. The van der Waals surface area contributed by atoms with E-state index in [0.29, 0.717) is 18.0 Å². The molecule has 3 aliphatic rings. The standard InChI is InChI=1S/C18H27N3O2/c1-14-18(22)20-8-2-4-16(20)12-21(14)15-6-9-19(10-7-15)13-17-5-3-11-23-17/h3,5,11,14-16H,2,4,6-10,12-13H2,1H3/t14-,16-/m1/s1. The van der Waals surface area contributed by atoms with Crippen molar-refractivity contribution in [3.05, 3.63) is 24.2 Å². The molecule has 0 bridgehead atoms. The van der Waals surface area contributed by atoms with Crippen LogP contribution in [0.5, 0.6) is 0 Å². The smallest absolute Gasteiger partial charge is 0.239 e. The van der Waals surface area contributed by atoms with Gasteiger partial charge >= 0.3 is 0 Å². The summed E-state index contributed by atoms with van der Waals surface area (Å²) in [6, 6.07) is 5.10. The maximum absolute atomic E-state index is 12.6. The summed E-state index contributed by atoms with van der Waals surface area (Å²) in [4.78, 5) is 19.7. The summed E-state index contributed by atoms with van der Waals surface area (Å²) < 4.78 is 5.46. The Morgan fingerprint density at radius 1 is 1.17 bits per heavy atom. The molecular weight excluding hydrogens is 290 g/mol. The van der Waals surface area contributed by atoms with Crippen LogP contribution in [0, 0.1) is 0 Å². The van der Waals surface area contributed by atoms with Crippen molar-refractivity contribution in [2.75, 3.05) is 26.2 Å². The molecule has 0 N–H and O–H groups in total. The highest BCUT2D eigenvalue weighted by Gasteiger charge is 2.42. The molecule has 23 heavy (non-hydrogen) atoms. The highest BCUT2D eigenvalue weighted by Crippen LogP contribution is 2.30. The zero-order valence-corrected chi connectivity index (χ0v) is 14.0. The number of nitrogens with zero attached hydrogens (tertiary/aromatic N) is 3. The van der Waals surface area contributed by atoms with Gasteiger partial charge in [-0.2, -0.15) is 0 Å². The van der Waals surface area contributed by atoms with Crippen LogP contribution in [0.2, 0.25) is 0 Å². The second-order valence-electron chi connectivity index (χ2n) is 7.29. The number of likely N-dealkylation sites (tertiary alicyclic amines) is 1. The van der Waals surface area contributed by atoms with Crippen LogP contribution in [-0.2, 0) is 11.3 Å². The number of hydrogen-bond acceptors (Lipinski definition) is 4. The van der Waals surface area contributed by atoms with E-state index in [-0.39, 0.29) is 6.04 Å². The molecule has 1 amide bonds. The fraction of sp³-hybridized carbons (Fsp3) is 0.722. The lowest BCUT2D eigenvalue weighted by Gasteiger charge is -2.47. The lowest BCUT2D eigenvalue weighted by Crippen LogP contribution is -2.62. The third-order valence-electron chi connectivity index (χ3n) is 5.92. The first-order chi connectivity index (χ1) is 11.2. The topological polar surface area (TPSA) is 39.9 Å². The number of fused-ring (bicyclic) bond motifs is 1. The van der Waals surface area contributed by atoms with Crippen LogP contribution < -0.4 is 0 Å². The molecular formula is C18H27N3O2. The molecule has 5 heteroatoms. The molecule has 5 nitrogen and oxygen atoms in total. The van der Waals surface area contributed by atoms with Gasteiger partial charge in [0.15, 0.2) is 0 Å². The van der Waals surface area contributed by atoms with E-state index in [2.05, 4.69) is 21.6 Å². The predicted octanol–water partition coefficient (Wildman–Crippen LogP) is 1.94. The molecule has 3 saturated heterocycles. The highest BCUT2D eigenvalue weighted by atomic mass is 16.3. The number of carbonyl (C=O) groups excluding carboxylic acids is 1. The Labute approximate surface area is 138 Å². The molecule has 4 heterocycles. The first kappa shape index (κ1) is 15.2. The second kappa shape index (κ2) is 6.29. The number of furan rings is 1. The summed E-state index contributed by atoms with van der Waals surface area (Å²) in [6.07, 6.45) is 6.43. The van der Waals surface area contributed by atoms with Gasteiger partial charge in [-0.1, -0.05) is 0 Å². The summed E-state index contributed by atoms with van der Waals surface area (Å²) >= 11 is 0. The van der Waals surface area contributed by atoms with Crippen molar-refractivity contribution in [3.8, 4) is 0 Å². The van der Waals surface area contributed by atoms with Gasteiger partial charge in [-0.15, -0.1) is 0 Å². The summed E-state index contributed by atoms with van der Waals surface area (Å²) in [5, 5.41) is 0. The second-order valence-corrected chi connectivity index (χ2v) is 7.29. The van der Waals surface area contributed by atoms with Crippen LogP contribution in [0.4, 0.5) is 0 Å². The lowest BCUT2D eigenvalue weighted by atomic mass is 9.97. The van der Waals surface area contributed by atoms with Crippen LogP contribution >= 0.6 is 0 Å². The Kier molecular flexibility index (Phi) is 4.16. The van der Waals surface area contributed by atoms with Crippen molar-refractivity contribution in [1.82, 2.24) is 14.7 Å². The third kappa shape index (κ3) is 2.92. The van der Waals surface area contributed by atoms with Crippen LogP contribution in [-0.4, -0.2) is 64.9 Å². The van der Waals surface area contributed by atoms with Crippen molar-refractivity contribution < 1.29 is 9.21 Å². The third-order valence-corrected chi connectivity index (χ3v) is 5.92. The fourth-order valence-electron chi connectivity index (χ4n) is 4.60. The van der Waals surface area contributed by atoms with Crippen LogP contribution in [0.1, 0.15) is 38.4 Å². The molecule has 4 rings (SSSR count). The first-order valence-electron chi connectivity index (χ1n) is 9.03. The van der Waals surface area contributed by atoms with Crippen LogP contribution in [0.3, 0.4) is 0 Å². The molecule has 1 aromatic rings. The Hall–Kier alpha value is -1.33. The van der Waals surface area contributed by atoms with E-state index in [1.165, 1.54) is 12.8 Å². The largest absolute Gasteiger partial charge is 0.468 e. The number of rotatable bonds is 3. The summed E-state index contributed by atoms with van der Waals surface area (Å²) in [5.74, 6) is 1.41. The number of amides is 1. The lowest BCUT2D eigenvalue weighted by molar-refractivity contribution is -0.145. The molecule has 0 aliphatic carbocycles. The number of carbonyl (C=O) groups is 1. The van der Waals surface area contributed by atoms with Gasteiger partial charge in [-0.05, 0) is 44.7 Å². The van der Waals surface area contributed by atoms with Crippen LogP contribution in [0.25, 0.3) is 0 Å². The maximum Gasteiger partial charge on any atom is 0.239 e. The molecule has 3 aliphatic heterocycles. The molecule has 0 aromatic carbocycles. The van der Waals surface area contributed by atoms with E-state index in [4.69, 9.17) is 4.42 Å². The van der Waals surface area contributed by atoms with Gasteiger partial charge in [-0.25, -0.2) is 0 Å². The minimum absolute atomic E-state index is 0.0611. The zero-order chi connectivity index (χ0) is 15.8. The quantitative estimate of drug-likeness (QED) is 0.854. The van der Waals surface area contributed by atoms with Crippen molar-refractivity contribution in [1.29, 1.82) is 0 Å². The van der Waals surface area contributed by atoms with E-state index >= 15 is 0 Å². The zero-order valence-electron chi connectivity index (χ0n) is 14.0. The van der Waals surface area contributed by atoms with Crippen molar-refractivity contribution >= 4 is 5.91 Å². The molecule has 1 aromatic heterocycles. The Morgan fingerprint density at radius 2 is 2.00 bits per heavy atom. The summed E-state index contributed by atoms with van der Waals surface area (Å²) in [6.45, 7) is 7.25. The van der Waals surface area contributed by atoms with E-state index in [1.807, 2.05) is 12.1 Å². The Bertz CT molecular complexity index is 536. The van der Waals surface area contributed by atoms with Crippen molar-refractivity contribution in [2.45, 2.75) is 57.3 Å². The average molecular weight is 317 g/mol. The van der Waals surface area contributed by atoms with E-state index in [1.54, 1.807) is 6.26 Å². The Balaban J connectivity index is 1.35. The van der Waals surface area contributed by atoms with Crippen LogP contribution in [0.15, 0.2) is 22.8 Å². The molecule has 0 unspecified atom stereocenters. The number of piperidine rings is 1. The van der Waals surface area contributed by atoms with E-state index in [0.717, 1.165) is 51.3 Å². The fourth-order valence-corrected chi connectivity index (χ4v) is 4.60. The highest BCUT2D eigenvalue weighted by molar-refractivity contribution is 5.83. The predicted molar refractivity (Wildman–Crippen MR) is 87.9 cm³/mol. The van der Waals surface area contributed by atoms with Gasteiger partial charge in [0.25, 0.3) is 0 Å². The molecule has 0 saturated carbocycles. The van der Waals surface area contributed by atoms with E-state index < -0.39 is 0 Å². The molecule has 3 fully saturated rings. The van der Waals surface area contributed by atoms with Gasteiger partial charge in [0.05, 0.1) is 18.8 Å². The average Bonchev–Trinajstić information content (AvgIpc) is 3.23. The molecule has 0 spiro atoms. The van der Waals surface area contributed by atoms with Crippen molar-refractivity contribution in [2.24, 2.45) is 0 Å². The van der Waals surface area contributed by atoms with Gasteiger partial charge < -0.3 is 9.32 Å². The number of hydrogen-bond donors (Lipinski definition) is 0. The maximum atomic E-state index is 12.6. The molecule has 126 valence electrons.